The minimum atomic E-state index is -0.0244. The average molecular weight is 314 g/mol. The summed E-state index contributed by atoms with van der Waals surface area (Å²) in [6, 6.07) is 13.9. The van der Waals surface area contributed by atoms with Crippen molar-refractivity contribution in [1.82, 2.24) is 4.98 Å². The molecule has 2 N–H and O–H groups in total. The molecule has 23 heavy (non-hydrogen) atoms. The van der Waals surface area contributed by atoms with Gasteiger partial charge in [0.25, 0.3) is 0 Å². The van der Waals surface area contributed by atoms with Crippen LogP contribution in [0.2, 0.25) is 0 Å². The Morgan fingerprint density at radius 3 is 2.78 bits per heavy atom. The molecule has 2 aromatic rings. The van der Waals surface area contributed by atoms with Gasteiger partial charge in [-0.15, -0.1) is 0 Å². The van der Waals surface area contributed by atoms with Gasteiger partial charge in [0.05, 0.1) is 30.7 Å². The zero-order valence-electron chi connectivity index (χ0n) is 13.0. The van der Waals surface area contributed by atoms with Gasteiger partial charge in [-0.1, -0.05) is 18.2 Å². The van der Waals surface area contributed by atoms with Gasteiger partial charge >= 0.3 is 0 Å². The lowest BCUT2D eigenvalue weighted by Crippen LogP contribution is -2.36. The van der Waals surface area contributed by atoms with Gasteiger partial charge in [-0.3, -0.25) is 4.98 Å². The van der Waals surface area contributed by atoms with E-state index in [4.69, 9.17) is 14.6 Å². The summed E-state index contributed by atoms with van der Waals surface area (Å²) in [4.78, 5) is 4.27. The smallest absolute Gasteiger partial charge is 0.142 e. The first-order valence-electron chi connectivity index (χ1n) is 7.96. The van der Waals surface area contributed by atoms with E-state index in [-0.39, 0.29) is 18.8 Å². The molecule has 1 saturated heterocycles. The molecule has 1 aromatic carbocycles. The molecule has 3 rings (SSSR count). The fraction of sp³-hybridized carbons (Fsp3) is 0.389. The number of pyridine rings is 1. The highest BCUT2D eigenvalue weighted by atomic mass is 16.5. The van der Waals surface area contributed by atoms with Crippen LogP contribution in [-0.2, 0) is 11.3 Å². The maximum Gasteiger partial charge on any atom is 0.142 e. The normalized spacial score (nSPS) is 20.9. The molecule has 1 fully saturated rings. The van der Waals surface area contributed by atoms with E-state index >= 15 is 0 Å². The standard InChI is InChI=1S/C18H22N2O3/c21-11-16-9-8-15(13-22-16)20-17-6-1-2-7-18(17)23-12-14-5-3-4-10-19-14/h1-7,10,15-16,20-21H,8-9,11-13H2/t15-,16+/m1/s1. The molecule has 5 heteroatoms. The molecule has 5 nitrogen and oxygen atoms in total. The minimum absolute atomic E-state index is 0.0244. The van der Waals surface area contributed by atoms with Crippen molar-refractivity contribution in [3.63, 3.8) is 0 Å². The molecular formula is C18H22N2O3. The van der Waals surface area contributed by atoms with E-state index in [1.54, 1.807) is 6.20 Å². The topological polar surface area (TPSA) is 63.6 Å². The lowest BCUT2D eigenvalue weighted by atomic mass is 10.1. The highest BCUT2D eigenvalue weighted by Gasteiger charge is 2.21. The van der Waals surface area contributed by atoms with E-state index in [0.29, 0.717) is 13.2 Å². The quantitative estimate of drug-likeness (QED) is 0.858. The molecule has 0 aliphatic carbocycles. The predicted octanol–water partition coefficient (Wildman–Crippen LogP) is 2.61. The number of para-hydroxylation sites is 2. The van der Waals surface area contributed by atoms with Crippen molar-refractivity contribution in [2.24, 2.45) is 0 Å². The second kappa shape index (κ2) is 7.94. The van der Waals surface area contributed by atoms with E-state index in [2.05, 4.69) is 10.3 Å². The van der Waals surface area contributed by atoms with Gasteiger partial charge in [0.2, 0.25) is 0 Å². The number of hydrogen-bond acceptors (Lipinski definition) is 5. The number of anilines is 1. The number of hydrogen-bond donors (Lipinski definition) is 2. The summed E-state index contributed by atoms with van der Waals surface area (Å²) in [6.07, 6.45) is 3.58. The number of ether oxygens (including phenoxy) is 2. The maximum absolute atomic E-state index is 9.12. The van der Waals surface area contributed by atoms with Crippen LogP contribution in [-0.4, -0.2) is 35.5 Å². The molecule has 1 aromatic heterocycles. The first-order chi connectivity index (χ1) is 11.3. The van der Waals surface area contributed by atoms with E-state index in [0.717, 1.165) is 30.0 Å². The van der Waals surface area contributed by atoms with Gasteiger partial charge in [-0.05, 0) is 37.1 Å². The first-order valence-corrected chi connectivity index (χ1v) is 7.96. The molecule has 1 aliphatic heterocycles. The van der Waals surface area contributed by atoms with Crippen LogP contribution in [0.4, 0.5) is 5.69 Å². The molecule has 122 valence electrons. The molecular weight excluding hydrogens is 292 g/mol. The summed E-state index contributed by atoms with van der Waals surface area (Å²) < 4.78 is 11.5. The van der Waals surface area contributed by atoms with Crippen LogP contribution < -0.4 is 10.1 Å². The summed E-state index contributed by atoms with van der Waals surface area (Å²) >= 11 is 0. The second-order valence-electron chi connectivity index (χ2n) is 5.66. The fourth-order valence-electron chi connectivity index (χ4n) is 2.63. The number of rotatable bonds is 6. The lowest BCUT2D eigenvalue weighted by Gasteiger charge is -2.29. The summed E-state index contributed by atoms with van der Waals surface area (Å²) in [5, 5.41) is 12.6. The van der Waals surface area contributed by atoms with Crippen molar-refractivity contribution in [2.75, 3.05) is 18.5 Å². The third-order valence-electron chi connectivity index (χ3n) is 3.92. The molecule has 0 saturated carbocycles. The van der Waals surface area contributed by atoms with Crippen LogP contribution in [0.1, 0.15) is 18.5 Å². The zero-order valence-corrected chi connectivity index (χ0v) is 13.0. The monoisotopic (exact) mass is 314 g/mol. The number of aliphatic hydroxyl groups is 1. The molecule has 0 bridgehead atoms. The van der Waals surface area contributed by atoms with Gasteiger partial charge in [-0.25, -0.2) is 0 Å². The summed E-state index contributed by atoms with van der Waals surface area (Å²) in [5.41, 5.74) is 1.86. The lowest BCUT2D eigenvalue weighted by molar-refractivity contribution is -0.0224. The van der Waals surface area contributed by atoms with Crippen LogP contribution in [0.25, 0.3) is 0 Å². The van der Waals surface area contributed by atoms with Gasteiger partial charge in [-0.2, -0.15) is 0 Å². The summed E-state index contributed by atoms with van der Waals surface area (Å²) in [5.74, 6) is 0.808. The molecule has 2 heterocycles. The van der Waals surface area contributed by atoms with Crippen LogP contribution in [0, 0.1) is 0 Å². The van der Waals surface area contributed by atoms with Gasteiger partial charge < -0.3 is 19.9 Å². The van der Waals surface area contributed by atoms with Gasteiger partial charge in [0, 0.05) is 12.2 Å². The number of benzene rings is 1. The largest absolute Gasteiger partial charge is 0.485 e. The third kappa shape index (κ3) is 4.43. The van der Waals surface area contributed by atoms with Crippen LogP contribution >= 0.6 is 0 Å². The predicted molar refractivity (Wildman–Crippen MR) is 88.5 cm³/mol. The van der Waals surface area contributed by atoms with Gasteiger partial charge in [0.1, 0.15) is 12.4 Å². The Morgan fingerprint density at radius 1 is 1.17 bits per heavy atom. The highest BCUT2D eigenvalue weighted by Crippen LogP contribution is 2.27. The van der Waals surface area contributed by atoms with Crippen LogP contribution in [0.15, 0.2) is 48.7 Å². The molecule has 0 unspecified atom stereocenters. The summed E-state index contributed by atoms with van der Waals surface area (Å²) in [6.45, 7) is 1.13. The Labute approximate surface area is 136 Å². The molecule has 0 radical (unpaired) electrons. The molecule has 0 amide bonds. The van der Waals surface area contributed by atoms with E-state index in [1.165, 1.54) is 0 Å². The minimum Gasteiger partial charge on any atom is -0.485 e. The van der Waals surface area contributed by atoms with Crippen LogP contribution in [0.3, 0.4) is 0 Å². The van der Waals surface area contributed by atoms with Crippen LogP contribution in [0.5, 0.6) is 5.75 Å². The van der Waals surface area contributed by atoms with Crippen molar-refractivity contribution in [3.8, 4) is 5.75 Å². The molecule has 2 atom stereocenters. The van der Waals surface area contributed by atoms with Gasteiger partial charge in [0.15, 0.2) is 0 Å². The maximum atomic E-state index is 9.12. The van der Waals surface area contributed by atoms with E-state index in [9.17, 15) is 0 Å². The SMILES string of the molecule is OC[C@@H]1CC[C@@H](Nc2ccccc2OCc2ccccn2)CO1. The number of nitrogens with one attached hydrogen (secondary N) is 1. The highest BCUT2D eigenvalue weighted by molar-refractivity contribution is 5.56. The molecule has 1 aliphatic rings. The van der Waals surface area contributed by atoms with E-state index in [1.807, 2.05) is 42.5 Å². The Bertz CT molecular complexity index is 598. The van der Waals surface area contributed by atoms with Crippen molar-refractivity contribution in [2.45, 2.75) is 31.6 Å². The Balaban J connectivity index is 1.59. The number of aromatic nitrogens is 1. The first kappa shape index (κ1) is 15.8. The Hall–Kier alpha value is -2.11. The van der Waals surface area contributed by atoms with E-state index < -0.39 is 0 Å². The summed E-state index contributed by atoms with van der Waals surface area (Å²) in [7, 11) is 0. The van der Waals surface area contributed by atoms with Crippen molar-refractivity contribution < 1.29 is 14.6 Å². The third-order valence-corrected chi connectivity index (χ3v) is 3.92. The number of aliphatic hydroxyl groups excluding tert-OH is 1. The fourth-order valence-corrected chi connectivity index (χ4v) is 2.63. The number of nitrogens with zero attached hydrogens (tertiary/aromatic N) is 1. The Kier molecular flexibility index (Phi) is 5.45. The molecule has 0 spiro atoms. The Morgan fingerprint density at radius 2 is 2.04 bits per heavy atom. The van der Waals surface area contributed by atoms with Crippen molar-refractivity contribution >= 4 is 5.69 Å². The average Bonchev–Trinajstić information content (AvgIpc) is 2.62. The zero-order chi connectivity index (χ0) is 15.9. The second-order valence-corrected chi connectivity index (χ2v) is 5.66. The van der Waals surface area contributed by atoms with Crippen molar-refractivity contribution in [3.05, 3.63) is 54.4 Å². The van der Waals surface area contributed by atoms with Crippen molar-refractivity contribution in [1.29, 1.82) is 0 Å².